The van der Waals surface area contributed by atoms with Crippen LogP contribution in [0.5, 0.6) is 0 Å². The molecular weight excluding hydrogens is 302 g/mol. The summed E-state index contributed by atoms with van der Waals surface area (Å²) in [6.07, 6.45) is 3.93. The zero-order valence-electron chi connectivity index (χ0n) is 12.8. The maximum atomic E-state index is 10.9. The maximum absolute atomic E-state index is 10.9. The minimum Gasteiger partial charge on any atom is -0.478 e. The van der Waals surface area contributed by atoms with Crippen LogP contribution >= 0.6 is 0 Å². The molecule has 0 amide bonds. The van der Waals surface area contributed by atoms with Crippen LogP contribution in [0.2, 0.25) is 0 Å². The first-order chi connectivity index (χ1) is 11.7. The Labute approximate surface area is 138 Å². The molecule has 4 rings (SSSR count). The van der Waals surface area contributed by atoms with E-state index in [4.69, 9.17) is 5.11 Å². The van der Waals surface area contributed by atoms with Gasteiger partial charge in [-0.3, -0.25) is 0 Å². The fourth-order valence-electron chi connectivity index (χ4n) is 2.77. The van der Waals surface area contributed by atoms with Crippen molar-refractivity contribution in [1.29, 1.82) is 0 Å². The van der Waals surface area contributed by atoms with E-state index < -0.39 is 5.97 Å². The van der Waals surface area contributed by atoms with Gasteiger partial charge in [0.05, 0.1) is 23.5 Å². The van der Waals surface area contributed by atoms with E-state index >= 15 is 0 Å². The summed E-state index contributed by atoms with van der Waals surface area (Å²) in [6, 6.07) is 16.9. The Morgan fingerprint density at radius 2 is 1.83 bits per heavy atom. The van der Waals surface area contributed by atoms with Crippen molar-refractivity contribution in [3.8, 4) is 11.4 Å². The van der Waals surface area contributed by atoms with Gasteiger partial charge in [-0.05, 0) is 30.3 Å². The number of nitrogens with zero attached hydrogens (tertiary/aromatic N) is 2. The van der Waals surface area contributed by atoms with Gasteiger partial charge in [-0.1, -0.05) is 30.3 Å². The van der Waals surface area contributed by atoms with Crippen molar-refractivity contribution in [3.05, 3.63) is 77.7 Å². The van der Waals surface area contributed by atoms with Crippen LogP contribution < -0.4 is 4.90 Å². The van der Waals surface area contributed by atoms with E-state index in [-0.39, 0.29) is 5.56 Å². The Morgan fingerprint density at radius 3 is 2.54 bits per heavy atom. The fourth-order valence-corrected chi connectivity index (χ4v) is 2.77. The van der Waals surface area contributed by atoms with Crippen LogP contribution in [0.25, 0.3) is 17.5 Å². The molecule has 3 aromatic rings. The Morgan fingerprint density at radius 1 is 1.08 bits per heavy atom. The van der Waals surface area contributed by atoms with Crippen molar-refractivity contribution in [3.63, 3.8) is 0 Å². The Bertz CT molecular complexity index is 912. The van der Waals surface area contributed by atoms with E-state index in [1.54, 1.807) is 12.1 Å². The van der Waals surface area contributed by atoms with Crippen LogP contribution in [0, 0.1) is 0 Å². The molecule has 1 aliphatic rings. The third kappa shape index (κ3) is 2.56. The van der Waals surface area contributed by atoms with Crippen molar-refractivity contribution in [1.82, 2.24) is 9.97 Å². The molecule has 2 heterocycles. The minimum absolute atomic E-state index is 0.285. The van der Waals surface area contributed by atoms with Gasteiger partial charge in [0.25, 0.3) is 0 Å². The number of imidazole rings is 1. The van der Waals surface area contributed by atoms with Gasteiger partial charge >= 0.3 is 5.97 Å². The molecule has 0 aliphatic carbocycles. The molecule has 0 spiro atoms. The Balaban J connectivity index is 1.60. The van der Waals surface area contributed by atoms with Crippen LogP contribution in [0.4, 0.5) is 5.69 Å². The van der Waals surface area contributed by atoms with Crippen LogP contribution in [-0.2, 0) is 6.54 Å². The third-order valence-corrected chi connectivity index (χ3v) is 4.04. The number of aromatic nitrogens is 2. The molecule has 0 unspecified atom stereocenters. The molecular formula is C19H15N3O2. The number of aromatic carboxylic acids is 1. The molecule has 2 aromatic carbocycles. The first-order valence-corrected chi connectivity index (χ1v) is 7.63. The van der Waals surface area contributed by atoms with Crippen molar-refractivity contribution < 1.29 is 9.90 Å². The lowest BCUT2D eigenvalue weighted by Gasteiger charge is -2.23. The second kappa shape index (κ2) is 5.70. The van der Waals surface area contributed by atoms with Gasteiger partial charge in [-0.25, -0.2) is 9.78 Å². The molecule has 1 aliphatic heterocycles. The third-order valence-electron chi connectivity index (χ3n) is 4.04. The largest absolute Gasteiger partial charge is 0.478 e. The smallest absolute Gasteiger partial charge is 0.335 e. The van der Waals surface area contributed by atoms with Crippen molar-refractivity contribution >= 4 is 17.7 Å². The number of benzene rings is 2. The highest BCUT2D eigenvalue weighted by atomic mass is 16.4. The normalized spacial score (nSPS) is 12.9. The van der Waals surface area contributed by atoms with Gasteiger partial charge in [0.15, 0.2) is 0 Å². The van der Waals surface area contributed by atoms with Gasteiger partial charge in [-0.15, -0.1) is 0 Å². The monoisotopic (exact) mass is 317 g/mol. The number of carboxylic acid groups (broad SMARTS) is 1. The number of fused-ring (bicyclic) bond motifs is 1. The molecule has 1 aromatic heterocycles. The summed E-state index contributed by atoms with van der Waals surface area (Å²) in [6.45, 7) is 0.665. The molecule has 0 fully saturated rings. The van der Waals surface area contributed by atoms with E-state index in [2.05, 4.69) is 14.9 Å². The molecule has 0 radical (unpaired) electrons. The molecule has 5 nitrogen and oxygen atoms in total. The SMILES string of the molecule is O=C(O)c1ccc(N2C=Cc3nc(-c4ccccc4)[nH]c3C2)cc1. The quantitative estimate of drug-likeness (QED) is 0.771. The van der Waals surface area contributed by atoms with E-state index in [9.17, 15) is 4.79 Å². The minimum atomic E-state index is -0.918. The number of rotatable bonds is 3. The van der Waals surface area contributed by atoms with Crippen LogP contribution in [-0.4, -0.2) is 21.0 Å². The molecule has 0 bridgehead atoms. The molecule has 0 saturated heterocycles. The Hall–Kier alpha value is -3.34. The predicted molar refractivity (Wildman–Crippen MR) is 92.6 cm³/mol. The Kier molecular flexibility index (Phi) is 3.39. The second-order valence-corrected chi connectivity index (χ2v) is 5.61. The zero-order chi connectivity index (χ0) is 16.5. The second-order valence-electron chi connectivity index (χ2n) is 5.61. The average molecular weight is 317 g/mol. The number of hydrogen-bond acceptors (Lipinski definition) is 3. The number of nitrogens with one attached hydrogen (secondary N) is 1. The summed E-state index contributed by atoms with van der Waals surface area (Å²) in [5.74, 6) is -0.0626. The summed E-state index contributed by atoms with van der Waals surface area (Å²) in [7, 11) is 0. The van der Waals surface area contributed by atoms with E-state index in [1.165, 1.54) is 0 Å². The first-order valence-electron chi connectivity index (χ1n) is 7.63. The van der Waals surface area contributed by atoms with Crippen LogP contribution in [0.1, 0.15) is 21.7 Å². The summed E-state index contributed by atoms with van der Waals surface area (Å²) >= 11 is 0. The molecule has 24 heavy (non-hydrogen) atoms. The molecule has 0 saturated carbocycles. The number of H-pyrrole nitrogens is 1. The summed E-state index contributed by atoms with van der Waals surface area (Å²) in [5, 5.41) is 8.99. The molecule has 2 N–H and O–H groups in total. The standard InChI is InChI=1S/C19H15N3O2/c23-19(24)14-6-8-15(9-7-14)22-11-10-16-17(12-22)21-18(20-16)13-4-2-1-3-5-13/h1-11H,12H2,(H,20,21)(H,23,24). The number of carboxylic acids is 1. The lowest BCUT2D eigenvalue weighted by atomic mass is 10.1. The van der Waals surface area contributed by atoms with E-state index in [0.717, 1.165) is 28.5 Å². The van der Waals surface area contributed by atoms with Gasteiger partial charge in [0.1, 0.15) is 5.82 Å². The number of anilines is 1. The van der Waals surface area contributed by atoms with Crippen LogP contribution in [0.3, 0.4) is 0 Å². The number of aromatic amines is 1. The van der Waals surface area contributed by atoms with Gasteiger partial charge in [0.2, 0.25) is 0 Å². The summed E-state index contributed by atoms with van der Waals surface area (Å²) < 4.78 is 0. The first kappa shape index (κ1) is 14.3. The number of carbonyl (C=O) groups is 1. The van der Waals surface area contributed by atoms with Crippen molar-refractivity contribution in [2.75, 3.05) is 4.90 Å². The van der Waals surface area contributed by atoms with E-state index in [0.29, 0.717) is 6.54 Å². The lowest BCUT2D eigenvalue weighted by molar-refractivity contribution is 0.0697. The van der Waals surface area contributed by atoms with Gasteiger partial charge < -0.3 is 15.0 Å². The highest BCUT2D eigenvalue weighted by Gasteiger charge is 2.17. The summed E-state index contributed by atoms with van der Waals surface area (Å²) in [4.78, 5) is 21.0. The highest BCUT2D eigenvalue weighted by molar-refractivity contribution is 5.88. The average Bonchev–Trinajstić information content (AvgIpc) is 3.06. The van der Waals surface area contributed by atoms with Crippen molar-refractivity contribution in [2.45, 2.75) is 6.54 Å². The van der Waals surface area contributed by atoms with Gasteiger partial charge in [0, 0.05) is 17.5 Å². The molecule has 0 atom stereocenters. The summed E-state index contributed by atoms with van der Waals surface area (Å²) in [5.41, 5.74) is 4.26. The fraction of sp³-hybridized carbons (Fsp3) is 0.0526. The highest BCUT2D eigenvalue weighted by Crippen LogP contribution is 2.26. The number of hydrogen-bond donors (Lipinski definition) is 2. The molecule has 5 heteroatoms. The van der Waals surface area contributed by atoms with Crippen molar-refractivity contribution in [2.24, 2.45) is 0 Å². The zero-order valence-corrected chi connectivity index (χ0v) is 12.8. The van der Waals surface area contributed by atoms with E-state index in [1.807, 2.05) is 54.7 Å². The van der Waals surface area contributed by atoms with Crippen LogP contribution in [0.15, 0.2) is 60.8 Å². The predicted octanol–water partition coefficient (Wildman–Crippen LogP) is 3.77. The maximum Gasteiger partial charge on any atom is 0.335 e. The topological polar surface area (TPSA) is 69.2 Å². The lowest BCUT2D eigenvalue weighted by Crippen LogP contribution is -2.19. The molecule has 118 valence electrons. The van der Waals surface area contributed by atoms with Gasteiger partial charge in [-0.2, -0.15) is 0 Å².